The molecule has 5 nitrogen and oxygen atoms in total. The van der Waals surface area contributed by atoms with E-state index in [1.165, 1.54) is 0 Å². The fourth-order valence-corrected chi connectivity index (χ4v) is 4.47. The number of ether oxygens (including phenoxy) is 2. The fourth-order valence-electron chi connectivity index (χ4n) is 1.89. The molecule has 3 N–H and O–H groups in total. The zero-order valence-electron chi connectivity index (χ0n) is 11.6. The third kappa shape index (κ3) is 5.08. The van der Waals surface area contributed by atoms with E-state index in [9.17, 15) is 15.3 Å². The lowest BCUT2D eigenvalue weighted by molar-refractivity contribution is -0.120. The van der Waals surface area contributed by atoms with Crippen LogP contribution in [0.1, 0.15) is 20.8 Å². The molecular weight excluding hydrogens is 288 g/mol. The van der Waals surface area contributed by atoms with Gasteiger partial charge in [-0.05, 0) is 18.4 Å². The number of rotatable bonds is 8. The molecule has 1 aliphatic rings. The maximum Gasteiger partial charge on any atom is 0.155 e. The molecule has 0 spiro atoms. The van der Waals surface area contributed by atoms with Crippen molar-refractivity contribution in [3.05, 3.63) is 0 Å². The van der Waals surface area contributed by atoms with Crippen LogP contribution in [-0.2, 0) is 9.47 Å². The molecule has 0 aromatic heterocycles. The van der Waals surface area contributed by atoms with Crippen LogP contribution in [0.25, 0.3) is 0 Å². The highest BCUT2D eigenvalue weighted by atomic mass is 32.2. The lowest BCUT2D eigenvalue weighted by Crippen LogP contribution is -2.48. The van der Waals surface area contributed by atoms with E-state index in [2.05, 4.69) is 0 Å². The lowest BCUT2D eigenvalue weighted by atomic mass is 10.0. The minimum atomic E-state index is -1.23. The Labute approximate surface area is 123 Å². The molecule has 0 bridgehead atoms. The minimum Gasteiger partial charge on any atom is -0.388 e. The van der Waals surface area contributed by atoms with Gasteiger partial charge in [-0.3, -0.25) is 0 Å². The highest BCUT2D eigenvalue weighted by molar-refractivity contribution is 8.17. The van der Waals surface area contributed by atoms with Gasteiger partial charge in [0.25, 0.3) is 0 Å². The molecular formula is C12H24O5S2. The van der Waals surface area contributed by atoms with E-state index in [-0.39, 0.29) is 17.5 Å². The smallest absolute Gasteiger partial charge is 0.155 e. The first kappa shape index (κ1) is 17.6. The second kappa shape index (κ2) is 8.71. The van der Waals surface area contributed by atoms with Crippen LogP contribution >= 0.6 is 23.5 Å². The third-order valence-electron chi connectivity index (χ3n) is 2.88. The van der Waals surface area contributed by atoms with Gasteiger partial charge in [0, 0.05) is 0 Å². The standard InChI is InChI=1S/C12H24O5S2/c1-4-18-12(19-5-2)11(15)10(14)9(13)8-6-16-7(3)17-8/h7-15H,4-6H2,1-3H3/t7?,8-,9+,10+,11-/m1/s1. The summed E-state index contributed by atoms with van der Waals surface area (Å²) in [7, 11) is 0. The third-order valence-corrected chi connectivity index (χ3v) is 5.58. The molecule has 0 amide bonds. The van der Waals surface area contributed by atoms with Gasteiger partial charge < -0.3 is 24.8 Å². The monoisotopic (exact) mass is 312 g/mol. The molecule has 114 valence electrons. The van der Waals surface area contributed by atoms with Crippen molar-refractivity contribution in [3.8, 4) is 0 Å². The largest absolute Gasteiger partial charge is 0.388 e. The molecule has 0 aromatic rings. The number of hydrogen-bond acceptors (Lipinski definition) is 7. The Bertz CT molecular complexity index is 250. The Morgan fingerprint density at radius 1 is 1.11 bits per heavy atom. The quantitative estimate of drug-likeness (QED) is 0.568. The molecule has 0 aliphatic carbocycles. The summed E-state index contributed by atoms with van der Waals surface area (Å²) in [6.07, 6.45) is -4.34. The van der Waals surface area contributed by atoms with Crippen molar-refractivity contribution in [2.24, 2.45) is 0 Å². The van der Waals surface area contributed by atoms with E-state index in [0.717, 1.165) is 11.5 Å². The topological polar surface area (TPSA) is 79.2 Å². The minimum absolute atomic E-state index is 0.153. The van der Waals surface area contributed by atoms with Gasteiger partial charge in [0.05, 0.1) is 11.2 Å². The Hall–Kier alpha value is 0.500. The van der Waals surface area contributed by atoms with E-state index < -0.39 is 24.4 Å². The van der Waals surface area contributed by atoms with Crippen molar-refractivity contribution >= 4 is 23.5 Å². The van der Waals surface area contributed by atoms with Gasteiger partial charge in [0.1, 0.15) is 24.4 Å². The summed E-state index contributed by atoms with van der Waals surface area (Å²) in [6, 6.07) is 0. The molecule has 1 fully saturated rings. The van der Waals surface area contributed by atoms with Gasteiger partial charge in [0.15, 0.2) is 6.29 Å². The van der Waals surface area contributed by atoms with E-state index in [1.807, 2.05) is 13.8 Å². The van der Waals surface area contributed by atoms with Gasteiger partial charge >= 0.3 is 0 Å². The van der Waals surface area contributed by atoms with E-state index >= 15 is 0 Å². The van der Waals surface area contributed by atoms with Crippen molar-refractivity contribution in [1.82, 2.24) is 0 Å². The summed E-state index contributed by atoms with van der Waals surface area (Å²) >= 11 is 3.14. The van der Waals surface area contributed by atoms with Crippen LogP contribution in [0, 0.1) is 0 Å². The summed E-state index contributed by atoms with van der Waals surface area (Å²) in [6.45, 7) is 5.97. The molecule has 1 heterocycles. The molecule has 0 saturated carbocycles. The molecule has 0 aromatic carbocycles. The van der Waals surface area contributed by atoms with E-state index in [1.54, 1.807) is 30.4 Å². The maximum atomic E-state index is 10.2. The molecule has 19 heavy (non-hydrogen) atoms. The highest BCUT2D eigenvalue weighted by Crippen LogP contribution is 2.30. The van der Waals surface area contributed by atoms with Crippen LogP contribution in [0.3, 0.4) is 0 Å². The number of aliphatic hydroxyl groups excluding tert-OH is 3. The second-order valence-corrected chi connectivity index (χ2v) is 7.46. The molecule has 1 aliphatic heterocycles. The Kier molecular flexibility index (Phi) is 8.05. The predicted molar refractivity (Wildman–Crippen MR) is 78.4 cm³/mol. The first-order chi connectivity index (χ1) is 9.01. The van der Waals surface area contributed by atoms with Gasteiger partial charge in [-0.2, -0.15) is 0 Å². The highest BCUT2D eigenvalue weighted by Gasteiger charge is 2.39. The Morgan fingerprint density at radius 3 is 2.11 bits per heavy atom. The van der Waals surface area contributed by atoms with Gasteiger partial charge in [0.2, 0.25) is 0 Å². The molecule has 5 atom stereocenters. The van der Waals surface area contributed by atoms with Crippen LogP contribution in [0.15, 0.2) is 0 Å². The zero-order valence-corrected chi connectivity index (χ0v) is 13.2. The van der Waals surface area contributed by atoms with E-state index in [0.29, 0.717) is 0 Å². The SMILES string of the molecule is CCSC(SCC)[C@H](O)[C@@H](O)[C@@H](O)[C@H]1COC(C)O1. The number of thioether (sulfide) groups is 2. The summed E-state index contributed by atoms with van der Waals surface area (Å²) in [5.41, 5.74) is 0. The lowest BCUT2D eigenvalue weighted by Gasteiger charge is -2.30. The first-order valence-electron chi connectivity index (χ1n) is 6.55. The Morgan fingerprint density at radius 2 is 1.68 bits per heavy atom. The number of hydrogen-bond donors (Lipinski definition) is 3. The van der Waals surface area contributed by atoms with Gasteiger partial charge in [-0.1, -0.05) is 13.8 Å². The summed E-state index contributed by atoms with van der Waals surface area (Å²) in [5, 5.41) is 30.3. The van der Waals surface area contributed by atoms with Gasteiger partial charge in [-0.25, -0.2) is 0 Å². The molecule has 1 saturated heterocycles. The summed E-state index contributed by atoms with van der Waals surface area (Å²) in [5.74, 6) is 1.69. The van der Waals surface area contributed by atoms with Crippen molar-refractivity contribution in [3.63, 3.8) is 0 Å². The zero-order chi connectivity index (χ0) is 14.4. The molecule has 1 unspecified atom stereocenters. The van der Waals surface area contributed by atoms with Crippen molar-refractivity contribution < 1.29 is 24.8 Å². The van der Waals surface area contributed by atoms with E-state index in [4.69, 9.17) is 9.47 Å². The molecule has 7 heteroatoms. The van der Waals surface area contributed by atoms with Crippen LogP contribution in [0.2, 0.25) is 0 Å². The molecule has 0 radical (unpaired) electrons. The van der Waals surface area contributed by atoms with Crippen LogP contribution < -0.4 is 0 Å². The summed E-state index contributed by atoms with van der Waals surface area (Å²) in [4.78, 5) is 0. The van der Waals surface area contributed by atoms with Crippen LogP contribution in [0.5, 0.6) is 0 Å². The van der Waals surface area contributed by atoms with Crippen molar-refractivity contribution in [2.75, 3.05) is 18.1 Å². The summed E-state index contributed by atoms with van der Waals surface area (Å²) < 4.78 is 10.4. The van der Waals surface area contributed by atoms with Gasteiger partial charge in [-0.15, -0.1) is 23.5 Å². The van der Waals surface area contributed by atoms with Crippen LogP contribution in [-0.4, -0.2) is 68.7 Å². The second-order valence-electron chi connectivity index (χ2n) is 4.33. The molecule has 1 rings (SSSR count). The average Bonchev–Trinajstić information content (AvgIpc) is 2.82. The number of aliphatic hydroxyl groups is 3. The first-order valence-corrected chi connectivity index (χ1v) is 8.65. The van der Waals surface area contributed by atoms with Crippen molar-refractivity contribution in [2.45, 2.75) is 56.1 Å². The normalized spacial score (nSPS) is 28.6. The van der Waals surface area contributed by atoms with Crippen LogP contribution in [0.4, 0.5) is 0 Å². The maximum absolute atomic E-state index is 10.2. The average molecular weight is 312 g/mol. The fraction of sp³-hybridized carbons (Fsp3) is 1.00. The Balaban J connectivity index is 2.55. The van der Waals surface area contributed by atoms with Crippen molar-refractivity contribution in [1.29, 1.82) is 0 Å². The predicted octanol–water partition coefficient (Wildman–Crippen LogP) is 0.663.